The third-order valence-corrected chi connectivity index (χ3v) is 6.24. The van der Waals surface area contributed by atoms with Crippen molar-refractivity contribution in [3.8, 4) is 5.75 Å². The number of hydrogen-bond donors (Lipinski definition) is 2. The van der Waals surface area contributed by atoms with E-state index in [2.05, 4.69) is 10.6 Å². The topological polar surface area (TPSA) is 97.0 Å². The number of benzene rings is 2. The van der Waals surface area contributed by atoms with Crippen LogP contribution in [0.3, 0.4) is 0 Å². The number of ether oxygens (including phenoxy) is 2. The van der Waals surface area contributed by atoms with Crippen molar-refractivity contribution in [1.82, 2.24) is 4.90 Å². The quantitative estimate of drug-likeness (QED) is 0.676. The average molecular weight is 466 g/mol. The van der Waals surface area contributed by atoms with Crippen LogP contribution < -0.4 is 15.4 Å². The fraction of sp³-hybridized carbons (Fsp3) is 0.423. The summed E-state index contributed by atoms with van der Waals surface area (Å²) in [5.74, 6) is 0.0865. The zero-order valence-corrected chi connectivity index (χ0v) is 19.6. The lowest BCUT2D eigenvalue weighted by molar-refractivity contribution is -0.130. The van der Waals surface area contributed by atoms with Gasteiger partial charge in [-0.15, -0.1) is 0 Å². The van der Waals surface area contributed by atoms with Gasteiger partial charge in [0.05, 0.1) is 24.1 Å². The Bertz CT molecular complexity index is 1040. The maximum Gasteiger partial charge on any atom is 0.257 e. The van der Waals surface area contributed by atoms with E-state index in [9.17, 15) is 14.4 Å². The molecule has 2 heterocycles. The standard InChI is InChI=1S/C26H31N3O5/c1-3-7-24(30)28-18-10-13-22-20(14-18)26(32)29(2)21-12-11-19(34-23(21)16-33-22)15-25(31)27-17-8-5-4-6-9-17/h4-6,8-10,13-14,19,21,23H,3,7,11-12,15-16H2,1-2H3,(H,27,31)(H,28,30)/t19-,21-,23-/m0/s1. The first-order valence-corrected chi connectivity index (χ1v) is 11.8. The molecule has 2 N–H and O–H groups in total. The maximum atomic E-state index is 13.3. The van der Waals surface area contributed by atoms with Gasteiger partial charge in [0.25, 0.3) is 5.91 Å². The van der Waals surface area contributed by atoms with E-state index in [4.69, 9.17) is 9.47 Å². The molecular weight excluding hydrogens is 434 g/mol. The van der Waals surface area contributed by atoms with E-state index in [1.807, 2.05) is 37.3 Å². The molecule has 0 radical (unpaired) electrons. The molecule has 2 aromatic rings. The van der Waals surface area contributed by atoms with Gasteiger partial charge >= 0.3 is 0 Å². The SMILES string of the molecule is CCCC(=O)Nc1ccc2c(c1)C(=O)N(C)[C@H]1CC[C@@H](CC(=O)Nc3ccccc3)O[C@H]1CO2. The molecule has 0 aromatic heterocycles. The van der Waals surface area contributed by atoms with Gasteiger partial charge in [-0.1, -0.05) is 25.1 Å². The third-order valence-electron chi connectivity index (χ3n) is 6.24. The van der Waals surface area contributed by atoms with Crippen molar-refractivity contribution in [2.24, 2.45) is 0 Å². The van der Waals surface area contributed by atoms with E-state index >= 15 is 0 Å². The lowest BCUT2D eigenvalue weighted by Gasteiger charge is -2.42. The van der Waals surface area contributed by atoms with E-state index in [0.29, 0.717) is 36.3 Å². The van der Waals surface area contributed by atoms with Crippen LogP contribution in [0.2, 0.25) is 0 Å². The highest BCUT2D eigenvalue weighted by atomic mass is 16.5. The van der Waals surface area contributed by atoms with Gasteiger partial charge in [-0.05, 0) is 49.6 Å². The second-order valence-electron chi connectivity index (χ2n) is 8.80. The normalized spacial score (nSPS) is 21.9. The lowest BCUT2D eigenvalue weighted by Crippen LogP contribution is -2.53. The minimum absolute atomic E-state index is 0.0851. The summed E-state index contributed by atoms with van der Waals surface area (Å²) in [4.78, 5) is 39.4. The molecule has 1 fully saturated rings. The molecule has 2 aliphatic rings. The summed E-state index contributed by atoms with van der Waals surface area (Å²) in [5.41, 5.74) is 1.74. The Morgan fingerprint density at radius 2 is 1.79 bits per heavy atom. The molecule has 4 rings (SSSR count). The number of nitrogens with zero attached hydrogens (tertiary/aromatic N) is 1. The van der Waals surface area contributed by atoms with Crippen molar-refractivity contribution >= 4 is 29.1 Å². The number of carbonyl (C=O) groups excluding carboxylic acids is 3. The Labute approximate surface area is 199 Å². The number of anilines is 2. The van der Waals surface area contributed by atoms with E-state index < -0.39 is 0 Å². The highest BCUT2D eigenvalue weighted by Crippen LogP contribution is 2.32. The molecule has 0 aliphatic carbocycles. The molecule has 0 unspecified atom stereocenters. The molecule has 1 saturated heterocycles. The second-order valence-corrected chi connectivity index (χ2v) is 8.80. The van der Waals surface area contributed by atoms with Crippen molar-refractivity contribution in [3.05, 3.63) is 54.1 Å². The Balaban J connectivity index is 1.42. The van der Waals surface area contributed by atoms with Gasteiger partial charge in [-0.2, -0.15) is 0 Å². The molecule has 3 amide bonds. The number of amides is 3. The van der Waals surface area contributed by atoms with Gasteiger partial charge in [-0.3, -0.25) is 14.4 Å². The van der Waals surface area contributed by atoms with Crippen molar-refractivity contribution in [2.75, 3.05) is 24.3 Å². The van der Waals surface area contributed by atoms with Crippen LogP contribution in [0.4, 0.5) is 11.4 Å². The van der Waals surface area contributed by atoms with Crippen LogP contribution in [-0.4, -0.2) is 54.5 Å². The van der Waals surface area contributed by atoms with Gasteiger partial charge in [0.1, 0.15) is 18.5 Å². The highest BCUT2D eigenvalue weighted by Gasteiger charge is 2.39. The number of para-hydroxylation sites is 1. The summed E-state index contributed by atoms with van der Waals surface area (Å²) in [6, 6.07) is 14.3. The Morgan fingerprint density at radius 1 is 1.03 bits per heavy atom. The summed E-state index contributed by atoms with van der Waals surface area (Å²) in [6.07, 6.45) is 2.21. The van der Waals surface area contributed by atoms with Crippen LogP contribution in [0, 0.1) is 0 Å². The van der Waals surface area contributed by atoms with E-state index in [1.165, 1.54) is 0 Å². The smallest absolute Gasteiger partial charge is 0.257 e. The van der Waals surface area contributed by atoms with Gasteiger partial charge in [0.2, 0.25) is 11.8 Å². The average Bonchev–Trinajstić information content (AvgIpc) is 2.82. The fourth-order valence-electron chi connectivity index (χ4n) is 4.50. The summed E-state index contributed by atoms with van der Waals surface area (Å²) < 4.78 is 12.2. The molecule has 0 bridgehead atoms. The van der Waals surface area contributed by atoms with E-state index in [-0.39, 0.29) is 49.0 Å². The van der Waals surface area contributed by atoms with Gasteiger partial charge < -0.3 is 25.0 Å². The Kier molecular flexibility index (Phi) is 7.47. The summed E-state index contributed by atoms with van der Waals surface area (Å²) in [7, 11) is 1.77. The molecule has 8 nitrogen and oxygen atoms in total. The molecule has 2 aromatic carbocycles. The van der Waals surface area contributed by atoms with Crippen LogP contribution in [0.5, 0.6) is 5.75 Å². The third kappa shape index (κ3) is 5.56. The largest absolute Gasteiger partial charge is 0.490 e. The van der Waals surface area contributed by atoms with E-state index in [0.717, 1.165) is 12.1 Å². The van der Waals surface area contributed by atoms with Gasteiger partial charge in [0, 0.05) is 24.8 Å². The Hall–Kier alpha value is -3.39. The second kappa shape index (κ2) is 10.7. The molecule has 3 atom stereocenters. The fourth-order valence-corrected chi connectivity index (χ4v) is 4.50. The van der Waals surface area contributed by atoms with Gasteiger partial charge in [0.15, 0.2) is 0 Å². The number of nitrogens with one attached hydrogen (secondary N) is 2. The summed E-state index contributed by atoms with van der Waals surface area (Å²) in [5, 5.41) is 5.73. The minimum atomic E-state index is -0.339. The number of carbonyl (C=O) groups is 3. The van der Waals surface area contributed by atoms with Crippen LogP contribution in [-0.2, 0) is 14.3 Å². The first-order valence-electron chi connectivity index (χ1n) is 11.8. The zero-order chi connectivity index (χ0) is 24.1. The van der Waals surface area contributed by atoms with Crippen molar-refractivity contribution < 1.29 is 23.9 Å². The Morgan fingerprint density at radius 3 is 2.56 bits per heavy atom. The molecule has 8 heteroatoms. The molecular formula is C26H31N3O5. The number of rotatable bonds is 6. The predicted octanol–water partition coefficient (Wildman–Crippen LogP) is 3.83. The minimum Gasteiger partial charge on any atom is -0.490 e. The molecule has 2 aliphatic heterocycles. The van der Waals surface area contributed by atoms with Crippen molar-refractivity contribution in [3.63, 3.8) is 0 Å². The molecule has 180 valence electrons. The monoisotopic (exact) mass is 465 g/mol. The van der Waals surface area contributed by atoms with Crippen LogP contribution in [0.15, 0.2) is 48.5 Å². The number of hydrogen-bond acceptors (Lipinski definition) is 5. The zero-order valence-electron chi connectivity index (χ0n) is 19.6. The van der Waals surface area contributed by atoms with Crippen molar-refractivity contribution in [2.45, 2.75) is 57.3 Å². The maximum absolute atomic E-state index is 13.3. The number of fused-ring (bicyclic) bond motifs is 2. The first-order chi connectivity index (χ1) is 16.4. The summed E-state index contributed by atoms with van der Waals surface area (Å²) >= 11 is 0. The molecule has 34 heavy (non-hydrogen) atoms. The molecule has 0 spiro atoms. The first kappa shape index (κ1) is 23.8. The van der Waals surface area contributed by atoms with E-state index in [1.54, 1.807) is 30.1 Å². The van der Waals surface area contributed by atoms with Crippen LogP contribution in [0.1, 0.15) is 49.4 Å². The van der Waals surface area contributed by atoms with Crippen LogP contribution in [0.25, 0.3) is 0 Å². The van der Waals surface area contributed by atoms with Gasteiger partial charge in [-0.25, -0.2) is 0 Å². The molecule has 0 saturated carbocycles. The number of likely N-dealkylation sites (N-methyl/N-ethyl adjacent to an activating group) is 1. The lowest BCUT2D eigenvalue weighted by atomic mass is 9.94. The summed E-state index contributed by atoms with van der Waals surface area (Å²) in [6.45, 7) is 2.21. The predicted molar refractivity (Wildman–Crippen MR) is 129 cm³/mol. The van der Waals surface area contributed by atoms with Crippen molar-refractivity contribution in [1.29, 1.82) is 0 Å². The highest BCUT2D eigenvalue weighted by molar-refractivity contribution is 5.99. The van der Waals surface area contributed by atoms with Crippen LogP contribution >= 0.6 is 0 Å².